The molecule has 1 amide bonds. The van der Waals surface area contributed by atoms with E-state index in [0.29, 0.717) is 0 Å². The highest BCUT2D eigenvalue weighted by molar-refractivity contribution is 8.04. The van der Waals surface area contributed by atoms with E-state index in [1.165, 1.54) is 6.92 Å². The second kappa shape index (κ2) is 7.22. The largest absolute Gasteiger partial charge is 0.480 e. The molecule has 0 heterocycles. The molecule has 0 saturated carbocycles. The fourth-order valence-electron chi connectivity index (χ4n) is 0.631. The Morgan fingerprint density at radius 2 is 1.93 bits per heavy atom. The standard InChI is InChI=1S/C7H8Cl3NO3S/c1-3(12)11-4(7(13)14)2-15-6(10)5(8)9/h4H,2H2,1H3,(H,11,12)(H,13,14). The van der Waals surface area contributed by atoms with Crippen LogP contribution in [0.4, 0.5) is 0 Å². The maximum absolute atomic E-state index is 10.7. The first-order chi connectivity index (χ1) is 6.84. The first-order valence-corrected chi connectivity index (χ1v) is 5.80. The van der Waals surface area contributed by atoms with E-state index >= 15 is 0 Å². The molecule has 86 valence electrons. The number of hydrogen-bond donors (Lipinski definition) is 2. The van der Waals surface area contributed by atoms with Crippen molar-refractivity contribution in [3.05, 3.63) is 8.86 Å². The van der Waals surface area contributed by atoms with Gasteiger partial charge in [-0.25, -0.2) is 4.79 Å². The molecule has 0 aromatic carbocycles. The van der Waals surface area contributed by atoms with Crippen molar-refractivity contribution in [2.45, 2.75) is 13.0 Å². The highest BCUT2D eigenvalue weighted by Crippen LogP contribution is 2.28. The van der Waals surface area contributed by atoms with Gasteiger partial charge in [-0.1, -0.05) is 34.8 Å². The Kier molecular flexibility index (Phi) is 7.17. The predicted octanol–water partition coefficient (Wildman–Crippen LogP) is 2.15. The Morgan fingerprint density at radius 1 is 1.40 bits per heavy atom. The van der Waals surface area contributed by atoms with Gasteiger partial charge in [0.15, 0.2) is 0 Å². The van der Waals surface area contributed by atoms with Crippen LogP contribution in [0.15, 0.2) is 8.86 Å². The van der Waals surface area contributed by atoms with Gasteiger partial charge in [-0.05, 0) is 0 Å². The lowest BCUT2D eigenvalue weighted by atomic mass is 10.3. The van der Waals surface area contributed by atoms with Gasteiger partial charge in [-0.15, -0.1) is 11.8 Å². The number of carboxylic acid groups (broad SMARTS) is 1. The number of carbonyl (C=O) groups excluding carboxylic acids is 1. The van der Waals surface area contributed by atoms with Crippen molar-refractivity contribution in [1.82, 2.24) is 5.32 Å². The molecule has 0 radical (unpaired) electrons. The lowest BCUT2D eigenvalue weighted by Gasteiger charge is -2.11. The topological polar surface area (TPSA) is 66.4 Å². The summed E-state index contributed by atoms with van der Waals surface area (Å²) in [6, 6.07) is -1.02. The van der Waals surface area contributed by atoms with Gasteiger partial charge in [0.05, 0.1) is 0 Å². The monoisotopic (exact) mass is 291 g/mol. The molecule has 0 aromatic rings. The van der Waals surface area contributed by atoms with E-state index in [4.69, 9.17) is 39.9 Å². The van der Waals surface area contributed by atoms with Gasteiger partial charge < -0.3 is 10.4 Å². The number of amides is 1. The molecule has 1 atom stereocenters. The summed E-state index contributed by atoms with van der Waals surface area (Å²) in [6.45, 7) is 1.23. The number of aliphatic carboxylic acids is 1. The van der Waals surface area contributed by atoms with Crippen LogP contribution in [0.25, 0.3) is 0 Å². The normalized spacial score (nSPS) is 11.7. The Morgan fingerprint density at radius 3 is 2.27 bits per heavy atom. The molecule has 4 nitrogen and oxygen atoms in total. The van der Waals surface area contributed by atoms with Gasteiger partial charge in [0.1, 0.15) is 14.9 Å². The highest BCUT2D eigenvalue weighted by Gasteiger charge is 2.19. The van der Waals surface area contributed by atoms with E-state index in [0.717, 1.165) is 11.8 Å². The van der Waals surface area contributed by atoms with Crippen LogP contribution in [0.2, 0.25) is 0 Å². The van der Waals surface area contributed by atoms with E-state index in [9.17, 15) is 9.59 Å². The fourth-order valence-corrected chi connectivity index (χ4v) is 1.80. The van der Waals surface area contributed by atoms with Gasteiger partial charge in [-0.3, -0.25) is 4.79 Å². The molecule has 0 spiro atoms. The van der Waals surface area contributed by atoms with Crippen LogP contribution < -0.4 is 5.32 Å². The lowest BCUT2D eigenvalue weighted by molar-refractivity contribution is -0.140. The minimum Gasteiger partial charge on any atom is -0.480 e. The Hall–Kier alpha value is -0.100. The molecule has 0 aliphatic rings. The molecule has 1 unspecified atom stereocenters. The molecule has 0 aliphatic carbocycles. The number of hydrogen-bond acceptors (Lipinski definition) is 3. The van der Waals surface area contributed by atoms with Crippen molar-refractivity contribution in [2.24, 2.45) is 0 Å². The molecule has 0 fully saturated rings. The number of nitrogens with one attached hydrogen (secondary N) is 1. The predicted molar refractivity (Wildman–Crippen MR) is 62.3 cm³/mol. The molecule has 0 saturated heterocycles. The van der Waals surface area contributed by atoms with Gasteiger partial charge in [-0.2, -0.15) is 0 Å². The molecule has 2 N–H and O–H groups in total. The van der Waals surface area contributed by atoms with Crippen LogP contribution in [-0.2, 0) is 9.59 Å². The number of halogens is 3. The summed E-state index contributed by atoms with van der Waals surface area (Å²) in [6.07, 6.45) is 0. The average Bonchev–Trinajstić information content (AvgIpc) is 2.10. The van der Waals surface area contributed by atoms with Crippen molar-refractivity contribution in [3.63, 3.8) is 0 Å². The number of carbonyl (C=O) groups is 2. The van der Waals surface area contributed by atoms with Crippen molar-refractivity contribution in [1.29, 1.82) is 0 Å². The fraction of sp³-hybridized carbons (Fsp3) is 0.429. The molecule has 0 aromatic heterocycles. The van der Waals surface area contributed by atoms with Gasteiger partial charge in [0.25, 0.3) is 0 Å². The quantitative estimate of drug-likeness (QED) is 0.815. The van der Waals surface area contributed by atoms with Gasteiger partial charge >= 0.3 is 5.97 Å². The average molecular weight is 293 g/mol. The van der Waals surface area contributed by atoms with E-state index in [-0.39, 0.29) is 14.6 Å². The van der Waals surface area contributed by atoms with Crippen molar-refractivity contribution >= 4 is 58.4 Å². The van der Waals surface area contributed by atoms with E-state index < -0.39 is 17.9 Å². The molecular weight excluding hydrogens is 285 g/mol. The molecule has 15 heavy (non-hydrogen) atoms. The second-order valence-electron chi connectivity index (χ2n) is 2.44. The van der Waals surface area contributed by atoms with Gasteiger partial charge in [0, 0.05) is 12.7 Å². The van der Waals surface area contributed by atoms with Crippen LogP contribution in [-0.4, -0.2) is 28.8 Å². The summed E-state index contributed by atoms with van der Waals surface area (Å²) in [5.74, 6) is -1.52. The second-order valence-corrected chi connectivity index (χ2v) is 5.02. The van der Waals surface area contributed by atoms with E-state index in [1.54, 1.807) is 0 Å². The summed E-state index contributed by atoms with van der Waals surface area (Å²) in [7, 11) is 0. The lowest BCUT2D eigenvalue weighted by Crippen LogP contribution is -2.41. The Labute approximate surface area is 106 Å². The third-order valence-electron chi connectivity index (χ3n) is 1.20. The zero-order valence-electron chi connectivity index (χ0n) is 7.59. The smallest absolute Gasteiger partial charge is 0.327 e. The summed E-state index contributed by atoms with van der Waals surface area (Å²) >= 11 is 17.2. The number of thioether (sulfide) groups is 1. The number of carboxylic acids is 1. The SMILES string of the molecule is CC(=O)NC(CSC(Cl)=C(Cl)Cl)C(=O)O. The maximum Gasteiger partial charge on any atom is 0.327 e. The van der Waals surface area contributed by atoms with E-state index in [1.807, 2.05) is 0 Å². The van der Waals surface area contributed by atoms with Crippen LogP contribution in [0.1, 0.15) is 6.92 Å². The van der Waals surface area contributed by atoms with Crippen molar-refractivity contribution in [3.8, 4) is 0 Å². The molecule has 8 heteroatoms. The zero-order valence-corrected chi connectivity index (χ0v) is 10.7. The first-order valence-electron chi connectivity index (χ1n) is 3.68. The van der Waals surface area contributed by atoms with Gasteiger partial charge in [0.2, 0.25) is 5.91 Å². The summed E-state index contributed by atoms with van der Waals surface area (Å²) in [5, 5.41) is 11.0. The Balaban J connectivity index is 4.26. The minimum absolute atomic E-state index is 0.0523. The molecule has 0 rings (SSSR count). The zero-order chi connectivity index (χ0) is 12.0. The van der Waals surface area contributed by atoms with E-state index in [2.05, 4.69) is 5.32 Å². The van der Waals surface area contributed by atoms with Crippen LogP contribution in [0, 0.1) is 0 Å². The number of rotatable bonds is 5. The van der Waals surface area contributed by atoms with Crippen molar-refractivity contribution < 1.29 is 14.7 Å². The first kappa shape index (κ1) is 14.9. The maximum atomic E-state index is 10.7. The third-order valence-corrected chi connectivity index (χ3v) is 3.47. The summed E-state index contributed by atoms with van der Waals surface area (Å²) < 4.78 is -0.0384. The highest BCUT2D eigenvalue weighted by atomic mass is 35.5. The summed E-state index contributed by atoms with van der Waals surface area (Å²) in [5.41, 5.74) is 0. The summed E-state index contributed by atoms with van der Waals surface area (Å²) in [4.78, 5) is 21.3. The molecule has 0 aliphatic heterocycles. The molecule has 0 bridgehead atoms. The minimum atomic E-state index is -1.15. The third kappa shape index (κ3) is 6.89. The van der Waals surface area contributed by atoms with Crippen LogP contribution in [0.5, 0.6) is 0 Å². The van der Waals surface area contributed by atoms with Crippen LogP contribution in [0.3, 0.4) is 0 Å². The van der Waals surface area contributed by atoms with Crippen LogP contribution >= 0.6 is 46.6 Å². The molecular formula is C7H8Cl3NO3S. The Bertz CT molecular complexity index is 291. The van der Waals surface area contributed by atoms with Crippen molar-refractivity contribution in [2.75, 3.05) is 5.75 Å².